The van der Waals surface area contributed by atoms with Gasteiger partial charge in [-0.2, -0.15) is 0 Å². The van der Waals surface area contributed by atoms with Crippen molar-refractivity contribution in [2.24, 2.45) is 5.92 Å². The highest BCUT2D eigenvalue weighted by atomic mass is 16.5. The zero-order valence-electron chi connectivity index (χ0n) is 16.6. The van der Waals surface area contributed by atoms with Gasteiger partial charge in [0.05, 0.1) is 5.56 Å². The average Bonchev–Trinajstić information content (AvgIpc) is 3.04. The van der Waals surface area contributed by atoms with Crippen LogP contribution >= 0.6 is 0 Å². The van der Waals surface area contributed by atoms with Gasteiger partial charge in [0.2, 0.25) is 0 Å². The van der Waals surface area contributed by atoms with Gasteiger partial charge < -0.3 is 9.84 Å². The minimum absolute atomic E-state index is 0.250. The number of aromatic hydroxyl groups is 1. The summed E-state index contributed by atoms with van der Waals surface area (Å²) in [4.78, 5) is 0. The maximum absolute atomic E-state index is 10.8. The molecule has 1 N–H and O–H groups in total. The van der Waals surface area contributed by atoms with Crippen LogP contribution in [0.15, 0.2) is 17.7 Å². The quantitative estimate of drug-likeness (QED) is 0.575. The van der Waals surface area contributed by atoms with Gasteiger partial charge in [0.25, 0.3) is 0 Å². The van der Waals surface area contributed by atoms with Crippen molar-refractivity contribution in [1.29, 1.82) is 0 Å². The molecule has 0 fully saturated rings. The summed E-state index contributed by atoms with van der Waals surface area (Å²) in [5.74, 6) is 2.33. The predicted molar refractivity (Wildman–Crippen MR) is 105 cm³/mol. The molecule has 25 heavy (non-hydrogen) atoms. The predicted octanol–water partition coefficient (Wildman–Crippen LogP) is 6.82. The van der Waals surface area contributed by atoms with E-state index < -0.39 is 0 Å². The van der Waals surface area contributed by atoms with E-state index in [2.05, 4.69) is 40.7 Å². The van der Waals surface area contributed by atoms with E-state index in [1.54, 1.807) is 0 Å². The largest absolute Gasteiger partial charge is 0.507 e. The first-order valence-electron chi connectivity index (χ1n) is 10.1. The average molecular weight is 343 g/mol. The van der Waals surface area contributed by atoms with Gasteiger partial charge in [-0.05, 0) is 73.8 Å². The van der Waals surface area contributed by atoms with Gasteiger partial charge in [-0.15, -0.1) is 0 Å². The Kier molecular flexibility index (Phi) is 5.18. The molecule has 0 spiro atoms. The van der Waals surface area contributed by atoms with Crippen molar-refractivity contribution < 1.29 is 9.84 Å². The molecule has 2 unspecified atom stereocenters. The second-order valence-electron chi connectivity index (χ2n) is 8.60. The second kappa shape index (κ2) is 7.05. The maximum Gasteiger partial charge on any atom is 0.132 e. The summed E-state index contributed by atoms with van der Waals surface area (Å²) in [5.41, 5.74) is 4.63. The highest BCUT2D eigenvalue weighted by molar-refractivity contribution is 5.82. The lowest BCUT2D eigenvalue weighted by atomic mass is 9.82. The highest BCUT2D eigenvalue weighted by Crippen LogP contribution is 2.52. The van der Waals surface area contributed by atoms with E-state index in [1.165, 1.54) is 48.8 Å². The summed E-state index contributed by atoms with van der Waals surface area (Å²) < 4.78 is 6.37. The van der Waals surface area contributed by atoms with E-state index in [0.29, 0.717) is 17.6 Å². The first-order valence-corrected chi connectivity index (χ1v) is 10.1. The Morgan fingerprint density at radius 2 is 1.92 bits per heavy atom. The van der Waals surface area contributed by atoms with Crippen molar-refractivity contribution in [2.75, 3.05) is 0 Å². The van der Waals surface area contributed by atoms with Crippen molar-refractivity contribution in [1.82, 2.24) is 0 Å². The third-order valence-electron chi connectivity index (χ3n) is 6.36. The number of allylic oxidation sites excluding steroid dienone is 1. The Morgan fingerprint density at radius 3 is 2.64 bits per heavy atom. The number of benzene rings is 1. The van der Waals surface area contributed by atoms with E-state index in [-0.39, 0.29) is 5.60 Å². The molecule has 1 heterocycles. The van der Waals surface area contributed by atoms with Crippen LogP contribution in [0.3, 0.4) is 0 Å². The first-order chi connectivity index (χ1) is 11.8. The van der Waals surface area contributed by atoms with Crippen LogP contribution in [0.4, 0.5) is 0 Å². The van der Waals surface area contributed by atoms with Crippen molar-refractivity contribution in [3.63, 3.8) is 0 Å². The summed E-state index contributed by atoms with van der Waals surface area (Å²) in [6, 6.07) is 4.18. The number of unbranched alkanes of at least 4 members (excludes halogenated alkanes) is 2. The molecule has 0 bridgehead atoms. The van der Waals surface area contributed by atoms with Crippen LogP contribution in [0.2, 0.25) is 0 Å². The standard InChI is InChI=1S/C23H34O2/c1-6-7-8-10-15(2)16(3)17-13-20(24)22-18-11-9-12-19(18)23(4,5)25-21(22)14-17/h13-16,24H,6-12H2,1-5H3. The fourth-order valence-corrected chi connectivity index (χ4v) is 4.58. The van der Waals surface area contributed by atoms with Gasteiger partial charge in [-0.1, -0.05) is 46.5 Å². The van der Waals surface area contributed by atoms with Crippen LogP contribution in [0, 0.1) is 5.92 Å². The zero-order valence-corrected chi connectivity index (χ0v) is 16.6. The van der Waals surface area contributed by atoms with E-state index >= 15 is 0 Å². The van der Waals surface area contributed by atoms with Crippen LogP contribution < -0.4 is 4.74 Å². The van der Waals surface area contributed by atoms with Crippen molar-refractivity contribution in [3.8, 4) is 11.5 Å². The Hall–Kier alpha value is -1.44. The molecule has 1 aromatic carbocycles. The van der Waals surface area contributed by atoms with Crippen LogP contribution in [0.5, 0.6) is 11.5 Å². The molecule has 0 aromatic heterocycles. The van der Waals surface area contributed by atoms with Crippen LogP contribution in [-0.4, -0.2) is 10.7 Å². The molecule has 0 saturated heterocycles. The van der Waals surface area contributed by atoms with Gasteiger partial charge >= 0.3 is 0 Å². The number of ether oxygens (including phenoxy) is 1. The molecule has 0 amide bonds. The van der Waals surface area contributed by atoms with Gasteiger partial charge in [-0.25, -0.2) is 0 Å². The SMILES string of the molecule is CCCCCC(C)C(C)c1cc(O)c2c(c1)OC(C)(C)C1=C2CCC1. The Balaban J connectivity index is 1.90. The summed E-state index contributed by atoms with van der Waals surface area (Å²) in [7, 11) is 0. The summed E-state index contributed by atoms with van der Waals surface area (Å²) in [6.07, 6.45) is 8.43. The second-order valence-corrected chi connectivity index (χ2v) is 8.60. The van der Waals surface area contributed by atoms with Crippen LogP contribution in [0.25, 0.3) is 5.57 Å². The molecule has 1 aliphatic carbocycles. The summed E-state index contributed by atoms with van der Waals surface area (Å²) in [5, 5.41) is 10.8. The normalized spacial score (nSPS) is 20.7. The Labute approximate surface area is 153 Å². The monoisotopic (exact) mass is 342 g/mol. The number of fused-ring (bicyclic) bond motifs is 2. The molecular weight excluding hydrogens is 308 g/mol. The molecule has 1 aliphatic heterocycles. The van der Waals surface area contributed by atoms with Crippen LogP contribution in [-0.2, 0) is 0 Å². The lowest BCUT2D eigenvalue weighted by Gasteiger charge is -2.36. The lowest BCUT2D eigenvalue weighted by Crippen LogP contribution is -2.33. The van der Waals surface area contributed by atoms with Crippen molar-refractivity contribution in [2.45, 2.75) is 91.1 Å². The topological polar surface area (TPSA) is 29.5 Å². The van der Waals surface area contributed by atoms with Crippen molar-refractivity contribution >= 4 is 5.57 Å². The summed E-state index contributed by atoms with van der Waals surface area (Å²) in [6.45, 7) is 11.2. The number of hydrogen-bond acceptors (Lipinski definition) is 2. The van der Waals surface area contributed by atoms with E-state index in [0.717, 1.165) is 24.2 Å². The fraction of sp³-hybridized carbons (Fsp3) is 0.652. The van der Waals surface area contributed by atoms with E-state index in [4.69, 9.17) is 4.74 Å². The number of phenolic OH excluding ortho intramolecular Hbond substituents is 1. The van der Waals surface area contributed by atoms with E-state index in [9.17, 15) is 5.11 Å². The smallest absolute Gasteiger partial charge is 0.132 e. The Morgan fingerprint density at radius 1 is 1.16 bits per heavy atom. The fourth-order valence-electron chi connectivity index (χ4n) is 4.58. The first kappa shape index (κ1) is 18.4. The molecular formula is C23H34O2. The molecule has 0 radical (unpaired) electrons. The van der Waals surface area contributed by atoms with Gasteiger partial charge in [0.1, 0.15) is 17.1 Å². The minimum Gasteiger partial charge on any atom is -0.507 e. The lowest BCUT2D eigenvalue weighted by molar-refractivity contribution is 0.141. The molecule has 0 saturated carbocycles. The number of phenols is 1. The molecule has 138 valence electrons. The van der Waals surface area contributed by atoms with Gasteiger partial charge in [-0.3, -0.25) is 0 Å². The van der Waals surface area contributed by atoms with Gasteiger partial charge in [0.15, 0.2) is 0 Å². The number of hydrogen-bond donors (Lipinski definition) is 1. The van der Waals surface area contributed by atoms with Crippen molar-refractivity contribution in [3.05, 3.63) is 28.8 Å². The molecule has 1 aromatic rings. The molecule has 3 rings (SSSR count). The third kappa shape index (κ3) is 3.45. The highest BCUT2D eigenvalue weighted by Gasteiger charge is 2.38. The van der Waals surface area contributed by atoms with E-state index in [1.807, 2.05) is 6.07 Å². The summed E-state index contributed by atoms with van der Waals surface area (Å²) >= 11 is 0. The minimum atomic E-state index is -0.250. The molecule has 2 heteroatoms. The van der Waals surface area contributed by atoms with Gasteiger partial charge in [0, 0.05) is 0 Å². The van der Waals surface area contributed by atoms with Crippen LogP contribution in [0.1, 0.15) is 96.6 Å². The molecule has 2 nitrogen and oxygen atoms in total. The molecule has 2 atom stereocenters. The third-order valence-corrected chi connectivity index (χ3v) is 6.36. The maximum atomic E-state index is 10.8. The number of rotatable bonds is 6. The Bertz CT molecular complexity index is 669. The zero-order chi connectivity index (χ0) is 18.2. The molecule has 2 aliphatic rings.